The summed E-state index contributed by atoms with van der Waals surface area (Å²) in [5.41, 5.74) is 2.40. The van der Waals surface area contributed by atoms with Gasteiger partial charge in [0, 0.05) is 24.7 Å². The molecule has 0 radical (unpaired) electrons. The van der Waals surface area contributed by atoms with Crippen LogP contribution in [0.4, 0.5) is 0 Å². The zero-order valence-electron chi connectivity index (χ0n) is 16.8. The first-order chi connectivity index (χ1) is 14.2. The van der Waals surface area contributed by atoms with Crippen molar-refractivity contribution < 1.29 is 40.1 Å². The van der Waals surface area contributed by atoms with Crippen molar-refractivity contribution in [3.63, 3.8) is 0 Å². The molecule has 0 saturated carbocycles. The second-order valence-electron chi connectivity index (χ2n) is 6.76. The zero-order chi connectivity index (χ0) is 22.7. The maximum atomic E-state index is 11.8. The van der Waals surface area contributed by atoms with Gasteiger partial charge in [-0.05, 0) is 26.2 Å². The Morgan fingerprint density at radius 2 is 1.87 bits per heavy atom. The number of carboxylic acids is 1. The molecule has 30 heavy (non-hydrogen) atoms. The minimum atomic E-state index is -1.40. The van der Waals surface area contributed by atoms with Crippen LogP contribution in [-0.4, -0.2) is 63.2 Å². The molecule has 1 aliphatic heterocycles. The SMILES string of the molecule is CC(=O)[O-].[NH3+]CCCCCCC(=O)OC[C@H]1O[C@@H](n2ccc(=O)[nH]c2=O)[C@H](O)[C@@H]1O. The third-order valence-corrected chi connectivity index (χ3v) is 4.25. The molecule has 1 fully saturated rings. The van der Waals surface area contributed by atoms with Crippen molar-refractivity contribution in [1.82, 2.24) is 9.55 Å². The number of hydrogen-bond donors (Lipinski definition) is 4. The summed E-state index contributed by atoms with van der Waals surface area (Å²) in [7, 11) is 0. The lowest BCUT2D eigenvalue weighted by atomic mass is 10.1. The molecule has 0 spiro atoms. The average molecular weight is 431 g/mol. The van der Waals surface area contributed by atoms with Gasteiger partial charge in [-0.2, -0.15) is 0 Å². The third kappa shape index (κ3) is 8.45. The fourth-order valence-electron chi connectivity index (χ4n) is 2.77. The number of aromatic nitrogens is 2. The molecule has 1 saturated heterocycles. The molecule has 0 amide bonds. The Hall–Kier alpha value is -2.54. The molecule has 6 N–H and O–H groups in total. The highest BCUT2D eigenvalue weighted by Crippen LogP contribution is 2.28. The summed E-state index contributed by atoms with van der Waals surface area (Å²) in [6, 6.07) is 1.10. The predicted molar refractivity (Wildman–Crippen MR) is 99.7 cm³/mol. The van der Waals surface area contributed by atoms with Crippen molar-refractivity contribution in [3.8, 4) is 0 Å². The van der Waals surface area contributed by atoms with Gasteiger partial charge in [-0.15, -0.1) is 0 Å². The van der Waals surface area contributed by atoms with Crippen LogP contribution in [0.25, 0.3) is 0 Å². The quantitative estimate of drug-likeness (QED) is 0.228. The van der Waals surface area contributed by atoms with Gasteiger partial charge in [0.15, 0.2) is 6.23 Å². The van der Waals surface area contributed by atoms with Gasteiger partial charge in [-0.3, -0.25) is 19.1 Å². The number of hydrogen-bond acceptors (Lipinski definition) is 9. The number of quaternary nitrogens is 1. The highest BCUT2D eigenvalue weighted by atomic mass is 16.6. The largest absolute Gasteiger partial charge is 0.550 e. The van der Waals surface area contributed by atoms with E-state index in [0.717, 1.165) is 43.4 Å². The molecule has 170 valence electrons. The fraction of sp³-hybridized carbons (Fsp3) is 0.667. The maximum Gasteiger partial charge on any atom is 0.330 e. The van der Waals surface area contributed by atoms with Crippen LogP contribution < -0.4 is 22.1 Å². The Labute approximate surface area is 172 Å². The van der Waals surface area contributed by atoms with E-state index in [2.05, 4.69) is 5.73 Å². The van der Waals surface area contributed by atoms with Crippen LogP contribution in [0.15, 0.2) is 21.9 Å². The number of carbonyl (C=O) groups excluding carboxylic acids is 2. The number of aromatic amines is 1. The Balaban J connectivity index is 0.00000103. The van der Waals surface area contributed by atoms with Gasteiger partial charge >= 0.3 is 11.7 Å². The molecule has 0 unspecified atom stereocenters. The lowest BCUT2D eigenvalue weighted by Crippen LogP contribution is -2.50. The first-order valence-electron chi connectivity index (χ1n) is 9.63. The van der Waals surface area contributed by atoms with E-state index in [1.165, 1.54) is 6.20 Å². The van der Waals surface area contributed by atoms with E-state index in [1.807, 2.05) is 4.98 Å². The summed E-state index contributed by atoms with van der Waals surface area (Å²) in [6.45, 7) is 1.62. The number of unbranched alkanes of at least 4 members (excludes halogenated alkanes) is 3. The predicted octanol–water partition coefficient (Wildman–Crippen LogP) is -3.35. The van der Waals surface area contributed by atoms with E-state index < -0.39 is 47.7 Å². The van der Waals surface area contributed by atoms with Crippen molar-refractivity contribution in [2.45, 2.75) is 63.6 Å². The average Bonchev–Trinajstić information content (AvgIpc) is 2.94. The van der Waals surface area contributed by atoms with E-state index in [0.29, 0.717) is 6.42 Å². The maximum absolute atomic E-state index is 11.8. The summed E-state index contributed by atoms with van der Waals surface area (Å²) < 4.78 is 11.5. The highest BCUT2D eigenvalue weighted by Gasteiger charge is 2.44. The molecule has 0 aromatic carbocycles. The number of carboxylic acid groups (broad SMARTS) is 1. The molecule has 12 heteroatoms. The van der Waals surface area contributed by atoms with Crippen molar-refractivity contribution in [1.29, 1.82) is 0 Å². The van der Waals surface area contributed by atoms with E-state index in [9.17, 15) is 24.6 Å². The Morgan fingerprint density at radius 1 is 1.23 bits per heavy atom. The number of aliphatic hydroxyl groups is 2. The zero-order valence-corrected chi connectivity index (χ0v) is 16.8. The smallest absolute Gasteiger partial charge is 0.330 e. The molecule has 1 aromatic heterocycles. The van der Waals surface area contributed by atoms with Crippen molar-refractivity contribution in [3.05, 3.63) is 33.1 Å². The van der Waals surface area contributed by atoms with E-state index in [4.69, 9.17) is 19.4 Å². The van der Waals surface area contributed by atoms with Crippen molar-refractivity contribution in [2.24, 2.45) is 0 Å². The lowest BCUT2D eigenvalue weighted by molar-refractivity contribution is -0.368. The van der Waals surface area contributed by atoms with Crippen LogP contribution in [-0.2, 0) is 19.1 Å². The Morgan fingerprint density at radius 3 is 2.47 bits per heavy atom. The van der Waals surface area contributed by atoms with Crippen LogP contribution >= 0.6 is 0 Å². The van der Waals surface area contributed by atoms with Crippen LogP contribution in [0.1, 0.15) is 45.3 Å². The van der Waals surface area contributed by atoms with Crippen LogP contribution in [0, 0.1) is 0 Å². The molecule has 1 aliphatic rings. The number of carbonyl (C=O) groups is 2. The molecule has 1 aromatic rings. The number of esters is 1. The van der Waals surface area contributed by atoms with Gasteiger partial charge in [-0.1, -0.05) is 6.42 Å². The number of aliphatic hydroxyl groups excluding tert-OH is 2. The number of rotatable bonds is 9. The topological polar surface area (TPSA) is 199 Å². The minimum Gasteiger partial charge on any atom is -0.550 e. The molecule has 4 atom stereocenters. The molecule has 12 nitrogen and oxygen atoms in total. The molecule has 2 heterocycles. The standard InChI is InChI=1S/C16H25N3O7.C2H4O2/c17-7-4-2-1-3-5-12(21)25-9-10-13(22)14(23)15(26-10)19-8-6-11(20)18-16(19)24;1-2(3)4/h6,8,10,13-15,22-23H,1-5,7,9,17H2,(H,18,20,24);1H3,(H,3,4)/t10-,13-,14-,15-;/m1./s1. The number of nitrogens with one attached hydrogen (secondary N) is 1. The van der Waals surface area contributed by atoms with Crippen LogP contribution in [0.3, 0.4) is 0 Å². The first kappa shape index (κ1) is 25.5. The van der Waals surface area contributed by atoms with Crippen molar-refractivity contribution >= 4 is 11.9 Å². The molecule has 2 rings (SSSR count). The summed E-state index contributed by atoms with van der Waals surface area (Å²) in [4.78, 5) is 45.6. The van der Waals surface area contributed by atoms with Gasteiger partial charge in [0.05, 0.1) is 6.54 Å². The molecule has 0 bridgehead atoms. The summed E-state index contributed by atoms with van der Waals surface area (Å²) in [6.07, 6.45) is 0.239. The van der Waals surface area contributed by atoms with E-state index in [-0.39, 0.29) is 13.0 Å². The number of H-pyrrole nitrogens is 1. The summed E-state index contributed by atoms with van der Waals surface area (Å²) in [5, 5.41) is 29.0. The summed E-state index contributed by atoms with van der Waals surface area (Å²) in [5.74, 6) is -1.49. The van der Waals surface area contributed by atoms with Gasteiger partial charge in [0.1, 0.15) is 24.9 Å². The molecule has 0 aliphatic carbocycles. The fourth-order valence-corrected chi connectivity index (χ4v) is 2.77. The second-order valence-corrected chi connectivity index (χ2v) is 6.76. The highest BCUT2D eigenvalue weighted by molar-refractivity contribution is 5.69. The number of nitrogens with zero attached hydrogens (tertiary/aromatic N) is 1. The molecular weight excluding hydrogens is 402 g/mol. The Kier molecular flexibility index (Phi) is 11.0. The minimum absolute atomic E-state index is 0.232. The van der Waals surface area contributed by atoms with E-state index >= 15 is 0 Å². The van der Waals surface area contributed by atoms with Gasteiger partial charge in [0.25, 0.3) is 5.56 Å². The third-order valence-electron chi connectivity index (χ3n) is 4.25. The lowest BCUT2D eigenvalue weighted by Gasteiger charge is -2.16. The number of ether oxygens (including phenoxy) is 2. The van der Waals surface area contributed by atoms with Gasteiger partial charge in [0.2, 0.25) is 0 Å². The number of aliphatic carboxylic acids is 1. The van der Waals surface area contributed by atoms with Crippen LogP contribution in [0.2, 0.25) is 0 Å². The Bertz CT molecular complexity index is 788. The van der Waals surface area contributed by atoms with Gasteiger partial charge < -0.3 is 35.3 Å². The van der Waals surface area contributed by atoms with Crippen LogP contribution in [0.5, 0.6) is 0 Å². The van der Waals surface area contributed by atoms with Gasteiger partial charge in [-0.25, -0.2) is 4.79 Å². The van der Waals surface area contributed by atoms with Crippen molar-refractivity contribution in [2.75, 3.05) is 13.2 Å². The molecular formula is C18H29N3O9. The monoisotopic (exact) mass is 431 g/mol. The first-order valence-corrected chi connectivity index (χ1v) is 9.63. The van der Waals surface area contributed by atoms with E-state index in [1.54, 1.807) is 0 Å². The second kappa shape index (κ2) is 12.9. The summed E-state index contributed by atoms with van der Waals surface area (Å²) >= 11 is 0. The normalized spacial score (nSPS) is 22.8.